The number of carbonyl (C=O) groups is 1. The second-order valence-corrected chi connectivity index (χ2v) is 8.13. The normalized spacial score (nSPS) is 10.6. The number of nitrogens with one attached hydrogen (secondary N) is 2. The lowest BCUT2D eigenvalue weighted by Gasteiger charge is -2.07. The molecule has 4 rings (SSSR count). The van der Waals surface area contributed by atoms with E-state index in [-0.39, 0.29) is 6.03 Å². The first-order valence-corrected chi connectivity index (χ1v) is 10.7. The minimum absolute atomic E-state index is 0.294. The average molecular weight is 414 g/mol. The van der Waals surface area contributed by atoms with E-state index in [0.29, 0.717) is 5.13 Å². The molecule has 0 bridgehead atoms. The number of thiazole rings is 1. The number of benzene rings is 3. The summed E-state index contributed by atoms with van der Waals surface area (Å²) >= 11 is 1.41. The Hall–Kier alpha value is -3.44. The van der Waals surface area contributed by atoms with Crippen molar-refractivity contribution in [2.45, 2.75) is 20.3 Å². The van der Waals surface area contributed by atoms with E-state index in [2.05, 4.69) is 64.1 Å². The Balaban J connectivity index is 1.38. The van der Waals surface area contributed by atoms with Crippen molar-refractivity contribution in [3.8, 4) is 11.3 Å². The van der Waals surface area contributed by atoms with Crippen LogP contribution in [0.25, 0.3) is 11.3 Å². The summed E-state index contributed by atoms with van der Waals surface area (Å²) in [6.07, 6.45) is 0.906. The first-order valence-electron chi connectivity index (χ1n) is 9.81. The molecule has 0 aliphatic heterocycles. The van der Waals surface area contributed by atoms with Crippen molar-refractivity contribution in [2.75, 3.05) is 10.6 Å². The molecule has 0 aliphatic rings. The van der Waals surface area contributed by atoms with Crippen LogP contribution in [-0.4, -0.2) is 11.0 Å². The molecule has 0 radical (unpaired) electrons. The minimum Gasteiger partial charge on any atom is -0.308 e. The molecule has 4 aromatic rings. The molecule has 2 N–H and O–H groups in total. The molecule has 1 aromatic heterocycles. The Labute approximate surface area is 180 Å². The summed E-state index contributed by atoms with van der Waals surface area (Å²) in [5, 5.41) is 8.20. The van der Waals surface area contributed by atoms with Crippen molar-refractivity contribution in [2.24, 2.45) is 0 Å². The molecule has 0 unspecified atom stereocenters. The molecule has 0 saturated heterocycles. The molecule has 30 heavy (non-hydrogen) atoms. The number of carbonyl (C=O) groups excluding carboxylic acids is 1. The Morgan fingerprint density at radius 1 is 0.867 bits per heavy atom. The van der Waals surface area contributed by atoms with Crippen LogP contribution in [0.3, 0.4) is 0 Å². The Morgan fingerprint density at radius 3 is 2.33 bits per heavy atom. The van der Waals surface area contributed by atoms with Crippen LogP contribution in [-0.2, 0) is 6.42 Å². The van der Waals surface area contributed by atoms with E-state index in [1.54, 1.807) is 0 Å². The zero-order chi connectivity index (χ0) is 20.9. The molecular weight excluding hydrogens is 390 g/mol. The lowest BCUT2D eigenvalue weighted by Crippen LogP contribution is -2.19. The smallest absolute Gasteiger partial charge is 0.308 e. The van der Waals surface area contributed by atoms with Crippen molar-refractivity contribution in [3.63, 3.8) is 0 Å². The molecule has 5 heteroatoms. The number of hydrogen-bond acceptors (Lipinski definition) is 3. The van der Waals surface area contributed by atoms with Crippen LogP contribution in [0.2, 0.25) is 0 Å². The molecule has 0 aliphatic carbocycles. The third-order valence-corrected chi connectivity index (χ3v) is 5.75. The van der Waals surface area contributed by atoms with E-state index in [0.717, 1.165) is 28.9 Å². The first-order chi connectivity index (χ1) is 14.6. The number of anilines is 2. The number of urea groups is 1. The summed E-state index contributed by atoms with van der Waals surface area (Å²) in [5.74, 6) is 0. The predicted molar refractivity (Wildman–Crippen MR) is 125 cm³/mol. The Morgan fingerprint density at radius 2 is 1.60 bits per heavy atom. The highest BCUT2D eigenvalue weighted by atomic mass is 32.1. The van der Waals surface area contributed by atoms with Gasteiger partial charge in [0, 0.05) is 16.6 Å². The van der Waals surface area contributed by atoms with E-state index >= 15 is 0 Å². The predicted octanol–water partition coefficient (Wildman–Crippen LogP) is 6.66. The fourth-order valence-electron chi connectivity index (χ4n) is 3.17. The van der Waals surface area contributed by atoms with Gasteiger partial charge in [-0.25, -0.2) is 9.78 Å². The quantitative estimate of drug-likeness (QED) is 0.384. The molecule has 0 fully saturated rings. The molecule has 2 amide bonds. The van der Waals surface area contributed by atoms with E-state index < -0.39 is 0 Å². The molecule has 0 atom stereocenters. The maximum Gasteiger partial charge on any atom is 0.325 e. The highest BCUT2D eigenvalue weighted by molar-refractivity contribution is 7.14. The maximum absolute atomic E-state index is 12.3. The standard InChI is InChI=1S/C25H23N3OS/c1-17-8-13-22(14-18(17)2)26-24(29)28-25-27-23(16-30-25)21-11-9-20(10-12-21)15-19-6-4-3-5-7-19/h3-14,16H,15H2,1-2H3,(H2,26,27,28,29). The van der Waals surface area contributed by atoms with Crippen LogP contribution >= 0.6 is 11.3 Å². The summed E-state index contributed by atoms with van der Waals surface area (Å²) in [5.41, 5.74) is 7.53. The Bertz CT molecular complexity index is 1150. The van der Waals surface area contributed by atoms with E-state index in [4.69, 9.17) is 0 Å². The third-order valence-electron chi connectivity index (χ3n) is 4.99. The molecule has 150 valence electrons. The third kappa shape index (κ3) is 4.93. The molecule has 4 nitrogen and oxygen atoms in total. The highest BCUT2D eigenvalue weighted by Gasteiger charge is 2.09. The highest BCUT2D eigenvalue weighted by Crippen LogP contribution is 2.26. The van der Waals surface area contributed by atoms with Crippen LogP contribution in [0.4, 0.5) is 15.6 Å². The number of aromatic nitrogens is 1. The zero-order valence-electron chi connectivity index (χ0n) is 17.0. The topological polar surface area (TPSA) is 54.0 Å². The summed E-state index contributed by atoms with van der Waals surface area (Å²) in [6, 6.07) is 24.4. The van der Waals surface area contributed by atoms with Crippen molar-refractivity contribution in [1.29, 1.82) is 0 Å². The van der Waals surface area contributed by atoms with Crippen molar-refractivity contribution in [3.05, 3.63) is 100 Å². The van der Waals surface area contributed by atoms with Gasteiger partial charge in [-0.05, 0) is 54.7 Å². The number of nitrogens with zero attached hydrogens (tertiary/aromatic N) is 1. The minimum atomic E-state index is -0.294. The molecule has 3 aromatic carbocycles. The van der Waals surface area contributed by atoms with Gasteiger partial charge >= 0.3 is 6.03 Å². The van der Waals surface area contributed by atoms with Crippen molar-refractivity contribution >= 4 is 28.2 Å². The molecular formula is C25H23N3OS. The summed E-state index contributed by atoms with van der Waals surface area (Å²) in [7, 11) is 0. The molecule has 1 heterocycles. The van der Waals surface area contributed by atoms with Crippen LogP contribution in [0.5, 0.6) is 0 Å². The van der Waals surface area contributed by atoms with Crippen molar-refractivity contribution in [1.82, 2.24) is 4.98 Å². The number of amides is 2. The fraction of sp³-hybridized carbons (Fsp3) is 0.120. The summed E-state index contributed by atoms with van der Waals surface area (Å²) < 4.78 is 0. The van der Waals surface area contributed by atoms with Crippen LogP contribution in [0, 0.1) is 13.8 Å². The van der Waals surface area contributed by atoms with Crippen molar-refractivity contribution < 1.29 is 4.79 Å². The van der Waals surface area contributed by atoms with Gasteiger partial charge in [0.2, 0.25) is 0 Å². The number of aryl methyl sites for hydroxylation is 2. The number of rotatable bonds is 5. The SMILES string of the molecule is Cc1ccc(NC(=O)Nc2nc(-c3ccc(Cc4ccccc4)cc3)cs2)cc1C. The summed E-state index contributed by atoms with van der Waals surface area (Å²) in [4.78, 5) is 16.8. The second-order valence-electron chi connectivity index (χ2n) is 7.28. The number of hydrogen-bond donors (Lipinski definition) is 2. The van der Waals surface area contributed by atoms with E-state index in [9.17, 15) is 4.79 Å². The largest absolute Gasteiger partial charge is 0.325 e. The second kappa shape index (κ2) is 8.93. The van der Waals surface area contributed by atoms with Gasteiger partial charge in [0.25, 0.3) is 0 Å². The molecule has 0 spiro atoms. The van der Waals surface area contributed by atoms with E-state index in [1.807, 2.05) is 43.5 Å². The summed E-state index contributed by atoms with van der Waals surface area (Å²) in [6.45, 7) is 4.07. The van der Waals surface area contributed by atoms with E-state index in [1.165, 1.54) is 28.0 Å². The zero-order valence-corrected chi connectivity index (χ0v) is 17.8. The van der Waals surface area contributed by atoms with Crippen LogP contribution in [0.1, 0.15) is 22.3 Å². The monoisotopic (exact) mass is 413 g/mol. The van der Waals surface area contributed by atoms with Gasteiger partial charge in [0.05, 0.1) is 5.69 Å². The lowest BCUT2D eigenvalue weighted by molar-refractivity contribution is 0.262. The molecule has 0 saturated carbocycles. The van der Waals surface area contributed by atoms with Gasteiger partial charge in [-0.3, -0.25) is 5.32 Å². The average Bonchev–Trinajstić information content (AvgIpc) is 3.20. The van der Waals surface area contributed by atoms with Crippen LogP contribution < -0.4 is 10.6 Å². The van der Waals surface area contributed by atoms with Gasteiger partial charge in [-0.1, -0.05) is 60.7 Å². The van der Waals surface area contributed by atoms with Gasteiger partial charge in [-0.15, -0.1) is 11.3 Å². The lowest BCUT2D eigenvalue weighted by atomic mass is 10.0. The maximum atomic E-state index is 12.3. The van der Waals surface area contributed by atoms with Gasteiger partial charge in [0.1, 0.15) is 0 Å². The van der Waals surface area contributed by atoms with Gasteiger partial charge < -0.3 is 5.32 Å². The Kier molecular flexibility index (Phi) is 5.91. The fourth-order valence-corrected chi connectivity index (χ4v) is 3.88. The first kappa shape index (κ1) is 19.9. The van der Waals surface area contributed by atoms with Gasteiger partial charge in [0.15, 0.2) is 5.13 Å². The van der Waals surface area contributed by atoms with Gasteiger partial charge in [-0.2, -0.15) is 0 Å². The van der Waals surface area contributed by atoms with Crippen LogP contribution in [0.15, 0.2) is 78.2 Å².